The van der Waals surface area contributed by atoms with Crippen molar-refractivity contribution in [2.45, 2.75) is 26.0 Å². The van der Waals surface area contributed by atoms with Crippen molar-refractivity contribution in [1.82, 2.24) is 9.97 Å². The zero-order valence-corrected chi connectivity index (χ0v) is 12.3. The average molecular weight is 292 g/mol. The van der Waals surface area contributed by atoms with Crippen molar-refractivity contribution in [2.24, 2.45) is 0 Å². The van der Waals surface area contributed by atoms with Gasteiger partial charge in [0.15, 0.2) is 0 Å². The summed E-state index contributed by atoms with van der Waals surface area (Å²) in [7, 11) is 0. The topological polar surface area (TPSA) is 47.0 Å². The molecule has 0 fully saturated rings. The van der Waals surface area contributed by atoms with Gasteiger partial charge >= 0.3 is 0 Å². The zero-order valence-electron chi connectivity index (χ0n) is 11.6. The van der Waals surface area contributed by atoms with Crippen LogP contribution in [0.15, 0.2) is 42.6 Å². The molecular formula is C15H18ClN3O. The van der Waals surface area contributed by atoms with E-state index in [9.17, 15) is 0 Å². The van der Waals surface area contributed by atoms with Gasteiger partial charge in [0.1, 0.15) is 0 Å². The van der Waals surface area contributed by atoms with Gasteiger partial charge in [0, 0.05) is 18.1 Å². The number of halogens is 1. The van der Waals surface area contributed by atoms with Crippen LogP contribution in [0.25, 0.3) is 0 Å². The molecule has 4 nitrogen and oxygen atoms in total. The van der Waals surface area contributed by atoms with Crippen molar-refractivity contribution in [3.63, 3.8) is 0 Å². The number of alkyl halides is 1. The number of rotatable bonds is 6. The van der Waals surface area contributed by atoms with Gasteiger partial charge in [-0.3, -0.25) is 0 Å². The van der Waals surface area contributed by atoms with Crippen molar-refractivity contribution in [3.05, 3.63) is 48.2 Å². The second kappa shape index (κ2) is 7.10. The van der Waals surface area contributed by atoms with Gasteiger partial charge in [0.05, 0.1) is 12.1 Å². The summed E-state index contributed by atoms with van der Waals surface area (Å²) in [5.74, 6) is 1.50. The Labute approximate surface area is 124 Å². The van der Waals surface area contributed by atoms with Gasteiger partial charge in [0.25, 0.3) is 0 Å². The van der Waals surface area contributed by atoms with Crippen molar-refractivity contribution < 1.29 is 4.74 Å². The minimum atomic E-state index is -0.0350. The van der Waals surface area contributed by atoms with Crippen LogP contribution in [0.4, 0.5) is 5.95 Å². The van der Waals surface area contributed by atoms with E-state index in [0.717, 1.165) is 5.56 Å². The molecule has 0 saturated carbocycles. The minimum Gasteiger partial charge on any atom is -0.475 e. The average Bonchev–Trinajstić information content (AvgIpc) is 2.45. The fourth-order valence-corrected chi connectivity index (χ4v) is 2.03. The first-order valence-electron chi connectivity index (χ1n) is 6.56. The Hall–Kier alpha value is -1.81. The Kier molecular flexibility index (Phi) is 5.18. The summed E-state index contributed by atoms with van der Waals surface area (Å²) in [4.78, 5) is 8.52. The van der Waals surface area contributed by atoms with E-state index in [2.05, 4.69) is 15.3 Å². The van der Waals surface area contributed by atoms with E-state index >= 15 is 0 Å². The fourth-order valence-electron chi connectivity index (χ4n) is 1.77. The van der Waals surface area contributed by atoms with Crippen LogP contribution in [0.5, 0.6) is 5.88 Å². The zero-order chi connectivity index (χ0) is 14.4. The Balaban J connectivity index is 2.12. The van der Waals surface area contributed by atoms with E-state index in [1.807, 2.05) is 44.2 Å². The van der Waals surface area contributed by atoms with E-state index in [-0.39, 0.29) is 12.1 Å². The Morgan fingerprint density at radius 1 is 1.20 bits per heavy atom. The molecule has 5 heteroatoms. The third-order valence-electron chi connectivity index (χ3n) is 2.65. The van der Waals surface area contributed by atoms with E-state index in [1.54, 1.807) is 12.3 Å². The van der Waals surface area contributed by atoms with Crippen LogP contribution in [0, 0.1) is 0 Å². The van der Waals surface area contributed by atoms with E-state index < -0.39 is 0 Å². The van der Waals surface area contributed by atoms with Gasteiger partial charge in [-0.15, -0.1) is 11.6 Å². The molecule has 0 spiro atoms. The summed E-state index contributed by atoms with van der Waals surface area (Å²) < 4.78 is 5.55. The molecular weight excluding hydrogens is 274 g/mol. The molecule has 1 aromatic heterocycles. The fraction of sp³-hybridized carbons (Fsp3) is 0.333. The lowest BCUT2D eigenvalue weighted by Crippen LogP contribution is -2.15. The summed E-state index contributed by atoms with van der Waals surface area (Å²) in [6.07, 6.45) is 1.75. The first-order chi connectivity index (χ1) is 9.69. The predicted molar refractivity (Wildman–Crippen MR) is 81.3 cm³/mol. The smallest absolute Gasteiger partial charge is 0.226 e. The van der Waals surface area contributed by atoms with E-state index in [0.29, 0.717) is 17.7 Å². The van der Waals surface area contributed by atoms with Crippen LogP contribution < -0.4 is 10.1 Å². The van der Waals surface area contributed by atoms with Crippen LogP contribution in [0.3, 0.4) is 0 Å². The molecule has 0 aliphatic heterocycles. The molecule has 1 aromatic carbocycles. The molecule has 0 amide bonds. The molecule has 1 heterocycles. The lowest BCUT2D eigenvalue weighted by Gasteiger charge is -2.17. The van der Waals surface area contributed by atoms with Gasteiger partial charge in [0.2, 0.25) is 11.8 Å². The van der Waals surface area contributed by atoms with Crippen LogP contribution in [0.2, 0.25) is 0 Å². The van der Waals surface area contributed by atoms with Crippen molar-refractivity contribution >= 4 is 17.5 Å². The molecule has 0 radical (unpaired) electrons. The van der Waals surface area contributed by atoms with Gasteiger partial charge in [-0.1, -0.05) is 30.3 Å². The molecule has 2 rings (SSSR count). The Bertz CT molecular complexity index is 534. The molecule has 0 saturated heterocycles. The summed E-state index contributed by atoms with van der Waals surface area (Å²) in [5.41, 5.74) is 1.10. The molecule has 0 aliphatic rings. The predicted octanol–water partition coefficient (Wildman–Crippen LogP) is 3.66. The molecule has 20 heavy (non-hydrogen) atoms. The van der Waals surface area contributed by atoms with Crippen LogP contribution in [0.1, 0.15) is 25.5 Å². The summed E-state index contributed by atoms with van der Waals surface area (Å²) in [6.45, 7) is 3.92. The quantitative estimate of drug-likeness (QED) is 0.825. The number of benzene rings is 1. The maximum absolute atomic E-state index is 6.03. The number of anilines is 1. The standard InChI is InChI=1S/C15H18ClN3O/c1-11(2)20-14-8-9-17-15(19-14)18-13(10-16)12-6-4-3-5-7-12/h3-9,11,13H,10H2,1-2H3,(H,17,18,19). The maximum Gasteiger partial charge on any atom is 0.226 e. The van der Waals surface area contributed by atoms with Gasteiger partial charge in [-0.05, 0) is 19.4 Å². The first-order valence-corrected chi connectivity index (χ1v) is 7.09. The molecule has 1 N–H and O–H groups in total. The molecule has 1 unspecified atom stereocenters. The van der Waals surface area contributed by atoms with Crippen LogP contribution in [-0.4, -0.2) is 22.0 Å². The highest BCUT2D eigenvalue weighted by atomic mass is 35.5. The summed E-state index contributed by atoms with van der Waals surface area (Å²) in [6, 6.07) is 11.7. The largest absolute Gasteiger partial charge is 0.475 e. The normalized spacial score (nSPS) is 12.2. The van der Waals surface area contributed by atoms with Crippen molar-refractivity contribution in [3.8, 4) is 5.88 Å². The second-order valence-electron chi connectivity index (χ2n) is 4.65. The lowest BCUT2D eigenvalue weighted by atomic mass is 10.1. The second-order valence-corrected chi connectivity index (χ2v) is 4.96. The van der Waals surface area contributed by atoms with Gasteiger partial charge in [-0.2, -0.15) is 4.98 Å². The number of hydrogen-bond acceptors (Lipinski definition) is 4. The number of hydrogen-bond donors (Lipinski definition) is 1. The Morgan fingerprint density at radius 2 is 1.95 bits per heavy atom. The molecule has 0 aliphatic carbocycles. The lowest BCUT2D eigenvalue weighted by molar-refractivity contribution is 0.232. The third kappa shape index (κ3) is 4.10. The highest BCUT2D eigenvalue weighted by Crippen LogP contribution is 2.19. The molecule has 0 bridgehead atoms. The summed E-state index contributed by atoms with van der Waals surface area (Å²) in [5, 5.41) is 3.22. The molecule has 2 aromatic rings. The van der Waals surface area contributed by atoms with Crippen molar-refractivity contribution in [1.29, 1.82) is 0 Å². The van der Waals surface area contributed by atoms with Gasteiger partial charge < -0.3 is 10.1 Å². The van der Waals surface area contributed by atoms with Crippen molar-refractivity contribution in [2.75, 3.05) is 11.2 Å². The number of nitrogens with one attached hydrogen (secondary N) is 1. The minimum absolute atomic E-state index is 0.0350. The maximum atomic E-state index is 6.03. The summed E-state index contributed by atoms with van der Waals surface area (Å²) >= 11 is 6.03. The highest BCUT2D eigenvalue weighted by Gasteiger charge is 2.11. The molecule has 106 valence electrons. The number of ether oxygens (including phenoxy) is 1. The first kappa shape index (κ1) is 14.6. The monoisotopic (exact) mass is 291 g/mol. The Morgan fingerprint density at radius 3 is 2.60 bits per heavy atom. The van der Waals surface area contributed by atoms with E-state index in [4.69, 9.17) is 16.3 Å². The molecule has 1 atom stereocenters. The highest BCUT2D eigenvalue weighted by molar-refractivity contribution is 6.18. The number of aromatic nitrogens is 2. The van der Waals surface area contributed by atoms with E-state index in [1.165, 1.54) is 0 Å². The van der Waals surface area contributed by atoms with Crippen LogP contribution in [-0.2, 0) is 0 Å². The van der Waals surface area contributed by atoms with Crippen LogP contribution >= 0.6 is 11.6 Å². The van der Waals surface area contributed by atoms with Gasteiger partial charge in [-0.25, -0.2) is 4.98 Å². The third-order valence-corrected chi connectivity index (χ3v) is 2.95. The number of nitrogens with zero attached hydrogens (tertiary/aromatic N) is 2. The SMILES string of the molecule is CC(C)Oc1ccnc(NC(CCl)c2ccccc2)n1.